The molecule has 1 aromatic carbocycles. The lowest BCUT2D eigenvalue weighted by Crippen LogP contribution is -2.47. The fourth-order valence-corrected chi connectivity index (χ4v) is 6.35. The molecule has 7 nitrogen and oxygen atoms in total. The lowest BCUT2D eigenvalue weighted by atomic mass is 10.0. The second-order valence-corrected chi connectivity index (χ2v) is 10.6. The normalized spacial score (nSPS) is 25.1. The molecule has 0 bridgehead atoms. The Morgan fingerprint density at radius 3 is 2.70 bits per heavy atom. The van der Waals surface area contributed by atoms with E-state index >= 15 is 0 Å². The lowest BCUT2D eigenvalue weighted by Gasteiger charge is -2.30. The number of aryl methyl sites for hydroxylation is 1. The lowest BCUT2D eigenvalue weighted by molar-refractivity contribution is -0.125. The molecule has 1 amide bonds. The van der Waals surface area contributed by atoms with Crippen LogP contribution in [0.3, 0.4) is 0 Å². The van der Waals surface area contributed by atoms with E-state index in [4.69, 9.17) is 0 Å². The van der Waals surface area contributed by atoms with Gasteiger partial charge < -0.3 is 9.88 Å². The summed E-state index contributed by atoms with van der Waals surface area (Å²) in [4.78, 5) is 15.1. The molecule has 30 heavy (non-hydrogen) atoms. The Morgan fingerprint density at radius 1 is 1.10 bits per heavy atom. The number of carbonyl (C=O) groups is 1. The largest absolute Gasteiger partial charge is 0.355 e. The molecule has 1 aliphatic carbocycles. The first kappa shape index (κ1) is 21.3. The van der Waals surface area contributed by atoms with Gasteiger partial charge in [0.15, 0.2) is 0 Å². The van der Waals surface area contributed by atoms with Gasteiger partial charge in [-0.25, -0.2) is 8.42 Å². The Labute approximate surface area is 179 Å². The summed E-state index contributed by atoms with van der Waals surface area (Å²) in [6.45, 7) is 3.39. The Kier molecular flexibility index (Phi) is 6.18. The van der Waals surface area contributed by atoms with Crippen molar-refractivity contribution < 1.29 is 13.2 Å². The molecule has 1 saturated carbocycles. The van der Waals surface area contributed by atoms with Crippen molar-refractivity contribution in [1.82, 2.24) is 19.1 Å². The Bertz CT molecular complexity index is 1020. The maximum absolute atomic E-state index is 12.8. The average Bonchev–Trinajstić information content (AvgIpc) is 3.28. The van der Waals surface area contributed by atoms with Crippen molar-refractivity contribution >= 4 is 26.8 Å². The quantitative estimate of drug-likeness (QED) is 0.804. The van der Waals surface area contributed by atoms with Crippen LogP contribution >= 0.6 is 0 Å². The second-order valence-electron chi connectivity index (χ2n) is 8.68. The first-order valence-electron chi connectivity index (χ1n) is 10.8. The zero-order valence-electron chi connectivity index (χ0n) is 17.9. The maximum Gasteiger partial charge on any atom is 0.224 e. The molecule has 164 valence electrons. The van der Waals surface area contributed by atoms with Gasteiger partial charge in [-0.1, -0.05) is 24.6 Å². The number of hydrogen-bond donors (Lipinski definition) is 1. The minimum absolute atomic E-state index is 0.00170. The van der Waals surface area contributed by atoms with Crippen molar-refractivity contribution in [3.8, 4) is 0 Å². The number of nitrogens with zero attached hydrogens (tertiary/aromatic N) is 3. The van der Waals surface area contributed by atoms with Crippen LogP contribution in [0.1, 0.15) is 31.2 Å². The number of benzene rings is 1. The van der Waals surface area contributed by atoms with Crippen molar-refractivity contribution in [3.05, 3.63) is 36.0 Å². The number of fused-ring (bicyclic) bond motifs is 2. The highest BCUT2D eigenvalue weighted by atomic mass is 32.2. The third-order valence-electron chi connectivity index (χ3n) is 6.57. The third-order valence-corrected chi connectivity index (χ3v) is 7.87. The van der Waals surface area contributed by atoms with Gasteiger partial charge in [0.2, 0.25) is 15.9 Å². The van der Waals surface area contributed by atoms with Gasteiger partial charge in [0.1, 0.15) is 0 Å². The fourth-order valence-electron chi connectivity index (χ4n) is 5.15. The first-order valence-corrected chi connectivity index (χ1v) is 12.7. The molecule has 1 saturated heterocycles. The van der Waals surface area contributed by atoms with Crippen LogP contribution in [-0.4, -0.2) is 66.6 Å². The van der Waals surface area contributed by atoms with E-state index in [-0.39, 0.29) is 17.9 Å². The van der Waals surface area contributed by atoms with E-state index < -0.39 is 10.0 Å². The Morgan fingerprint density at radius 2 is 1.90 bits per heavy atom. The third kappa shape index (κ3) is 4.40. The van der Waals surface area contributed by atoms with Crippen molar-refractivity contribution in [2.75, 3.05) is 32.4 Å². The summed E-state index contributed by atoms with van der Waals surface area (Å²) in [5, 5.41) is 4.32. The van der Waals surface area contributed by atoms with E-state index in [0.717, 1.165) is 45.3 Å². The number of nitrogens with one attached hydrogen (secondary N) is 1. The number of amides is 1. The van der Waals surface area contributed by atoms with Crippen molar-refractivity contribution in [1.29, 1.82) is 0 Å². The zero-order chi connectivity index (χ0) is 21.3. The Balaban J connectivity index is 1.54. The molecule has 1 aromatic heterocycles. The maximum atomic E-state index is 12.8. The number of aromatic nitrogens is 1. The summed E-state index contributed by atoms with van der Waals surface area (Å²) in [7, 11) is -1.30. The van der Waals surface area contributed by atoms with Crippen LogP contribution in [0.4, 0.5) is 0 Å². The molecule has 1 aliphatic heterocycles. The summed E-state index contributed by atoms with van der Waals surface area (Å²) in [5.41, 5.74) is 2.46. The van der Waals surface area contributed by atoms with Gasteiger partial charge in [-0.15, -0.1) is 0 Å². The summed E-state index contributed by atoms with van der Waals surface area (Å²) in [5.74, 6) is -0.234. The second kappa shape index (κ2) is 8.69. The highest BCUT2D eigenvalue weighted by molar-refractivity contribution is 7.88. The molecular weight excluding hydrogens is 400 g/mol. The molecule has 4 rings (SSSR count). The van der Waals surface area contributed by atoms with Gasteiger partial charge in [0.25, 0.3) is 0 Å². The summed E-state index contributed by atoms with van der Waals surface area (Å²) < 4.78 is 28.7. The average molecular weight is 433 g/mol. The smallest absolute Gasteiger partial charge is 0.224 e. The zero-order valence-corrected chi connectivity index (χ0v) is 18.7. The number of carbonyl (C=O) groups excluding carboxylic acids is 1. The first-order chi connectivity index (χ1) is 14.3. The molecule has 0 spiro atoms. The van der Waals surface area contributed by atoms with E-state index in [1.54, 1.807) is 4.31 Å². The molecule has 2 heterocycles. The summed E-state index contributed by atoms with van der Waals surface area (Å²) in [6, 6.07) is 8.16. The SMILES string of the molecule is Cn1cc(CN2CCCN(S(C)(=O)=O)[C@H]3CCC[C@H]3C(=O)NCC2)c2ccccc21. The number of hydrogen-bond acceptors (Lipinski definition) is 4. The summed E-state index contributed by atoms with van der Waals surface area (Å²) >= 11 is 0. The van der Waals surface area contributed by atoms with E-state index in [2.05, 4.69) is 46.2 Å². The van der Waals surface area contributed by atoms with E-state index in [1.807, 2.05) is 6.07 Å². The minimum Gasteiger partial charge on any atom is -0.355 e. The highest BCUT2D eigenvalue weighted by Gasteiger charge is 2.40. The van der Waals surface area contributed by atoms with Crippen LogP contribution in [-0.2, 0) is 28.4 Å². The molecular formula is C22H32N4O3S. The van der Waals surface area contributed by atoms with Crippen LogP contribution in [0, 0.1) is 5.92 Å². The van der Waals surface area contributed by atoms with Gasteiger partial charge in [-0.3, -0.25) is 9.69 Å². The van der Waals surface area contributed by atoms with E-state index in [9.17, 15) is 13.2 Å². The molecule has 0 unspecified atom stereocenters. The van der Waals surface area contributed by atoms with Crippen molar-refractivity contribution in [2.24, 2.45) is 13.0 Å². The summed E-state index contributed by atoms with van der Waals surface area (Å²) in [6.07, 6.45) is 6.64. The molecule has 2 aliphatic rings. The molecule has 2 aromatic rings. The number of para-hydroxylation sites is 1. The predicted octanol–water partition coefficient (Wildman–Crippen LogP) is 1.93. The Hall–Kier alpha value is -1.90. The predicted molar refractivity (Wildman–Crippen MR) is 119 cm³/mol. The topological polar surface area (TPSA) is 74.6 Å². The van der Waals surface area contributed by atoms with Gasteiger partial charge in [-0.05, 0) is 37.4 Å². The van der Waals surface area contributed by atoms with Crippen LogP contribution in [0.25, 0.3) is 10.9 Å². The van der Waals surface area contributed by atoms with Gasteiger partial charge in [-0.2, -0.15) is 4.31 Å². The van der Waals surface area contributed by atoms with Gasteiger partial charge in [0, 0.05) is 56.4 Å². The van der Waals surface area contributed by atoms with Crippen molar-refractivity contribution in [2.45, 2.75) is 38.3 Å². The minimum atomic E-state index is -3.35. The molecule has 1 N–H and O–H groups in total. The highest BCUT2D eigenvalue weighted by Crippen LogP contribution is 2.32. The monoisotopic (exact) mass is 432 g/mol. The van der Waals surface area contributed by atoms with E-state index in [1.165, 1.54) is 22.7 Å². The number of rotatable bonds is 3. The van der Waals surface area contributed by atoms with Crippen molar-refractivity contribution in [3.63, 3.8) is 0 Å². The van der Waals surface area contributed by atoms with Crippen LogP contribution in [0.5, 0.6) is 0 Å². The van der Waals surface area contributed by atoms with Gasteiger partial charge in [0.05, 0.1) is 12.2 Å². The van der Waals surface area contributed by atoms with Gasteiger partial charge >= 0.3 is 0 Å². The van der Waals surface area contributed by atoms with Crippen LogP contribution in [0.15, 0.2) is 30.5 Å². The number of sulfonamides is 1. The van der Waals surface area contributed by atoms with Crippen LogP contribution < -0.4 is 5.32 Å². The molecule has 0 radical (unpaired) electrons. The molecule has 2 fully saturated rings. The van der Waals surface area contributed by atoms with E-state index in [0.29, 0.717) is 13.1 Å². The van der Waals surface area contributed by atoms with Crippen LogP contribution in [0.2, 0.25) is 0 Å². The fraction of sp³-hybridized carbons (Fsp3) is 0.591. The molecule has 8 heteroatoms. The molecule has 2 atom stereocenters. The standard InChI is InChI=1S/C22H32N4O3S/c1-24-15-17(18-7-3-4-9-20(18)24)16-25-12-6-13-26(30(2,28)29)21-10-5-8-19(21)22(27)23-11-14-25/h3-4,7,9,15,19,21H,5-6,8,10-14,16H2,1-2H3,(H,23,27)/t19-,21+/m1/s1.